The van der Waals surface area contributed by atoms with Crippen LogP contribution in [0.25, 0.3) is 21.5 Å². The fourth-order valence-corrected chi connectivity index (χ4v) is 11.1. The summed E-state index contributed by atoms with van der Waals surface area (Å²) in [6, 6.07) is 26.6. The molecule has 0 atom stereocenters. The topological polar surface area (TPSA) is 121 Å². The molecule has 2 aliphatic heterocycles. The average Bonchev–Trinajstić information content (AvgIpc) is 3.56. The minimum absolute atomic E-state index is 0. The standard InChI is InChI=1S/C51H68N2O6S2.BrH.2Na/c1-50(2)46(52(44-34-32-40-26-17-19-28-42(40)48(44)50)36-21-13-9-5-7-11-15-23-38-60(54,55)56)30-25-31-47-51(3,4)49-43-29-20-18-27-41(43)33-35-45(49)53(47)37-22-14-10-6-8-12-16-24-39-61(57,58)59;;;/h17-20,25-35H,5-16,21-24,36-39H2,1-4H3,(H-,54,55,56,57,58,59);1H;;/q;;2*+1/p-2. The Bertz CT molecular complexity index is 2490. The maximum absolute atomic E-state index is 10.9. The van der Waals surface area contributed by atoms with E-state index in [1.807, 2.05) is 0 Å². The van der Waals surface area contributed by atoms with Crippen molar-refractivity contribution in [2.75, 3.05) is 29.5 Å². The minimum Gasteiger partial charge on any atom is -1.00 e. The van der Waals surface area contributed by atoms with Gasteiger partial charge in [-0.3, -0.25) is 0 Å². The fourth-order valence-electron chi connectivity index (χ4n) is 10.0. The molecule has 338 valence electrons. The summed E-state index contributed by atoms with van der Waals surface area (Å²) >= 11 is 0. The molecule has 0 N–H and O–H groups in total. The predicted octanol–water partition coefficient (Wildman–Crippen LogP) is 2.95. The van der Waals surface area contributed by atoms with Gasteiger partial charge in [0.25, 0.3) is 0 Å². The molecule has 0 unspecified atom stereocenters. The molecule has 0 saturated carbocycles. The number of benzene rings is 4. The number of halogens is 1. The van der Waals surface area contributed by atoms with Crippen molar-refractivity contribution >= 4 is 58.9 Å². The largest absolute Gasteiger partial charge is 1.00 e. The van der Waals surface area contributed by atoms with E-state index in [4.69, 9.17) is 0 Å². The molecule has 0 amide bonds. The summed E-state index contributed by atoms with van der Waals surface area (Å²) in [4.78, 5) is 2.56. The van der Waals surface area contributed by atoms with Crippen LogP contribution in [0.15, 0.2) is 96.7 Å². The summed E-state index contributed by atoms with van der Waals surface area (Å²) < 4.78 is 68.0. The molecule has 0 saturated heterocycles. The molecule has 2 aliphatic rings. The van der Waals surface area contributed by atoms with E-state index in [1.165, 1.54) is 55.5 Å². The second-order valence-corrected chi connectivity index (χ2v) is 21.4. The summed E-state index contributed by atoms with van der Waals surface area (Å²) in [7, 11) is -8.23. The predicted molar refractivity (Wildman–Crippen MR) is 251 cm³/mol. The Labute approximate surface area is 439 Å². The first-order chi connectivity index (χ1) is 29.1. The van der Waals surface area contributed by atoms with E-state index in [2.05, 4.69) is 128 Å². The monoisotopic (exact) mass is 992 g/mol. The molecule has 4 aromatic rings. The summed E-state index contributed by atoms with van der Waals surface area (Å²) in [5, 5.41) is 5.14. The van der Waals surface area contributed by atoms with Gasteiger partial charge < -0.3 is 31.0 Å². The van der Waals surface area contributed by atoms with E-state index in [1.54, 1.807) is 0 Å². The molecule has 8 nitrogen and oxygen atoms in total. The second-order valence-electron chi connectivity index (χ2n) is 18.4. The van der Waals surface area contributed by atoms with Gasteiger partial charge in [-0.25, -0.2) is 16.8 Å². The Hall–Kier alpha value is -1.35. The van der Waals surface area contributed by atoms with Gasteiger partial charge in [0.2, 0.25) is 5.69 Å². The van der Waals surface area contributed by atoms with Crippen molar-refractivity contribution in [1.82, 2.24) is 0 Å². The van der Waals surface area contributed by atoms with Gasteiger partial charge in [0.05, 0.1) is 25.7 Å². The van der Waals surface area contributed by atoms with Crippen molar-refractivity contribution < 1.29 is 107 Å². The van der Waals surface area contributed by atoms with Gasteiger partial charge in [-0.2, -0.15) is 4.58 Å². The number of allylic oxidation sites excluding steroid dienone is 4. The van der Waals surface area contributed by atoms with Gasteiger partial charge in [0.15, 0.2) is 5.71 Å². The third-order valence-corrected chi connectivity index (χ3v) is 14.6. The van der Waals surface area contributed by atoms with E-state index in [0.717, 1.165) is 103 Å². The Kier molecular flexibility index (Phi) is 23.0. The first kappa shape index (κ1) is 57.0. The zero-order valence-electron chi connectivity index (χ0n) is 39.3. The quantitative estimate of drug-likeness (QED) is 0.0459. The number of anilines is 1. The fraction of sp³-hybridized carbons (Fsp3) is 0.510. The zero-order valence-corrected chi connectivity index (χ0v) is 46.6. The molecule has 0 aliphatic carbocycles. The molecule has 0 spiro atoms. The van der Waals surface area contributed by atoms with Crippen molar-refractivity contribution in [2.45, 2.75) is 141 Å². The normalized spacial score (nSPS) is 16.0. The molecule has 0 radical (unpaired) electrons. The Balaban J connectivity index is 0.00000363. The summed E-state index contributed by atoms with van der Waals surface area (Å²) in [6.07, 6.45) is 22.5. The number of nitrogens with zero attached hydrogens (tertiary/aromatic N) is 2. The van der Waals surface area contributed by atoms with Crippen LogP contribution in [0.1, 0.15) is 142 Å². The number of hydrogen-bond acceptors (Lipinski definition) is 7. The summed E-state index contributed by atoms with van der Waals surface area (Å²) in [5.41, 5.74) is 7.56. The SMILES string of the molecule is CC1(C)C(/C=C/C=C2\N(CCCCCCCCCCS(=O)(=O)[O-])c3ccc4ccccc4c3C2(C)C)=[N+](CCCCCCCCCCS(=O)(=O)[O-])c2ccc3ccccc3c21.[Br-].[Na+].[Na+]. The van der Waals surface area contributed by atoms with Crippen molar-refractivity contribution in [3.05, 3.63) is 108 Å². The van der Waals surface area contributed by atoms with Crippen molar-refractivity contribution in [1.29, 1.82) is 0 Å². The summed E-state index contributed by atoms with van der Waals surface area (Å²) in [5.74, 6) is -0.508. The molecule has 13 heteroatoms. The van der Waals surface area contributed by atoms with E-state index in [-0.39, 0.29) is 98.4 Å². The number of unbranched alkanes of at least 4 members (excludes halogenated alkanes) is 14. The molecule has 0 bridgehead atoms. The van der Waals surface area contributed by atoms with E-state index < -0.39 is 20.2 Å². The van der Waals surface area contributed by atoms with Crippen LogP contribution in [-0.4, -0.2) is 60.8 Å². The third-order valence-electron chi connectivity index (χ3n) is 13.1. The molecular formula is C51H67BrN2Na2O6S2. The summed E-state index contributed by atoms with van der Waals surface area (Å²) in [6.45, 7) is 11.3. The zero-order chi connectivity index (χ0) is 43.7. The van der Waals surface area contributed by atoms with Gasteiger partial charge in [-0.15, -0.1) is 0 Å². The average molecular weight is 994 g/mol. The van der Waals surface area contributed by atoms with Gasteiger partial charge in [0, 0.05) is 59.0 Å². The number of fused-ring (bicyclic) bond motifs is 6. The van der Waals surface area contributed by atoms with Crippen molar-refractivity contribution in [2.24, 2.45) is 0 Å². The van der Waals surface area contributed by atoms with Crippen LogP contribution in [-0.2, 0) is 31.1 Å². The van der Waals surface area contributed by atoms with Crippen LogP contribution in [0, 0.1) is 0 Å². The Morgan fingerprint density at radius 1 is 0.562 bits per heavy atom. The van der Waals surface area contributed by atoms with Crippen molar-refractivity contribution in [3.63, 3.8) is 0 Å². The molecule has 0 aromatic heterocycles. The maximum Gasteiger partial charge on any atom is 1.00 e. The Morgan fingerprint density at radius 3 is 1.55 bits per heavy atom. The van der Waals surface area contributed by atoms with Crippen molar-refractivity contribution in [3.8, 4) is 0 Å². The van der Waals surface area contributed by atoms with E-state index >= 15 is 0 Å². The molecule has 0 fully saturated rings. The van der Waals surface area contributed by atoms with Crippen LogP contribution in [0.5, 0.6) is 0 Å². The van der Waals surface area contributed by atoms with Crippen LogP contribution < -0.4 is 81.0 Å². The van der Waals surface area contributed by atoms with Gasteiger partial charge >= 0.3 is 59.1 Å². The third kappa shape index (κ3) is 14.8. The molecular weight excluding hydrogens is 927 g/mol. The van der Waals surface area contributed by atoms with Crippen LogP contribution >= 0.6 is 0 Å². The molecule has 4 aromatic carbocycles. The van der Waals surface area contributed by atoms with E-state index in [0.29, 0.717) is 12.8 Å². The molecule has 6 rings (SSSR count). The van der Waals surface area contributed by atoms with E-state index in [9.17, 15) is 25.9 Å². The van der Waals surface area contributed by atoms with Gasteiger partial charge in [-0.05, 0) is 84.8 Å². The van der Waals surface area contributed by atoms with Crippen LogP contribution in [0.4, 0.5) is 11.4 Å². The number of rotatable bonds is 24. The molecule has 64 heavy (non-hydrogen) atoms. The maximum atomic E-state index is 10.9. The number of hydrogen-bond donors (Lipinski definition) is 0. The van der Waals surface area contributed by atoms with Gasteiger partial charge in [0.1, 0.15) is 6.54 Å². The van der Waals surface area contributed by atoms with Crippen LogP contribution in [0.3, 0.4) is 0 Å². The Morgan fingerprint density at radius 2 is 1.02 bits per heavy atom. The first-order valence-electron chi connectivity index (χ1n) is 22.8. The van der Waals surface area contributed by atoms with Gasteiger partial charge in [-0.1, -0.05) is 145 Å². The first-order valence-corrected chi connectivity index (χ1v) is 26.0. The minimum atomic E-state index is -4.12. The second kappa shape index (κ2) is 25.9. The van der Waals surface area contributed by atoms with Crippen LogP contribution in [0.2, 0.25) is 0 Å². The molecule has 2 heterocycles. The smallest absolute Gasteiger partial charge is 1.00 e.